The monoisotopic (exact) mass is 442 g/mol. The lowest BCUT2D eigenvalue weighted by Gasteiger charge is -2.06. The maximum absolute atomic E-state index is 13.0. The van der Waals surface area contributed by atoms with Gasteiger partial charge in [-0.15, -0.1) is 4.36 Å². The van der Waals surface area contributed by atoms with E-state index in [0.717, 1.165) is 19.4 Å². The number of fused-ring (bicyclic) bond motifs is 1. The molecular weight excluding hydrogens is 422 g/mol. The van der Waals surface area contributed by atoms with Crippen LogP contribution < -0.4 is 4.57 Å². The zero-order valence-electron chi connectivity index (χ0n) is 16.3. The topological polar surface area (TPSA) is 84.3 Å². The third-order valence-corrected chi connectivity index (χ3v) is 6.13. The van der Waals surface area contributed by atoms with Gasteiger partial charge < -0.3 is 0 Å². The van der Waals surface area contributed by atoms with Crippen LogP contribution in [0.4, 0.5) is 5.82 Å². The third-order valence-electron chi connectivity index (χ3n) is 4.57. The minimum Gasteiger partial charge on any atom is -0.296 e. The van der Waals surface area contributed by atoms with Crippen LogP contribution in [0.15, 0.2) is 76.5 Å². The summed E-state index contributed by atoms with van der Waals surface area (Å²) in [6, 6.07) is 13.4. The number of halogens is 1. The SMILES string of the molecule is CCCC[n+]1ccn(-c2nc3ccccc3nc2N=S(=O)(O)c2ccc(Cl)cc2)c1. The molecule has 2 aromatic heterocycles. The van der Waals surface area contributed by atoms with Crippen molar-refractivity contribution in [2.24, 2.45) is 4.36 Å². The number of imidazole rings is 1. The molecule has 7 nitrogen and oxygen atoms in total. The minimum atomic E-state index is -3.74. The molecule has 0 aliphatic heterocycles. The summed E-state index contributed by atoms with van der Waals surface area (Å²) in [6.45, 7) is 3.01. The summed E-state index contributed by atoms with van der Waals surface area (Å²) in [4.78, 5) is 9.34. The van der Waals surface area contributed by atoms with Gasteiger partial charge in [0, 0.05) is 5.02 Å². The van der Waals surface area contributed by atoms with Crippen LogP contribution in [-0.4, -0.2) is 23.3 Å². The second-order valence-electron chi connectivity index (χ2n) is 6.81. The lowest BCUT2D eigenvalue weighted by Crippen LogP contribution is -2.30. The quantitative estimate of drug-likeness (QED) is 0.435. The van der Waals surface area contributed by atoms with Crippen molar-refractivity contribution in [3.8, 4) is 5.82 Å². The highest BCUT2D eigenvalue weighted by Gasteiger charge is 2.19. The second kappa shape index (κ2) is 8.51. The zero-order chi connectivity index (χ0) is 21.1. The summed E-state index contributed by atoms with van der Waals surface area (Å²) >= 11 is 5.90. The highest BCUT2D eigenvalue weighted by atomic mass is 35.5. The highest BCUT2D eigenvalue weighted by molar-refractivity contribution is 7.88. The fourth-order valence-corrected chi connectivity index (χ4v) is 4.07. The maximum atomic E-state index is 13.0. The summed E-state index contributed by atoms with van der Waals surface area (Å²) in [5.41, 5.74) is 1.27. The van der Waals surface area contributed by atoms with Crippen LogP contribution in [-0.2, 0) is 16.6 Å². The Hall–Kier alpha value is -2.81. The predicted octanol–water partition coefficient (Wildman–Crippen LogP) is 4.79. The van der Waals surface area contributed by atoms with Gasteiger partial charge in [0.05, 0.1) is 22.5 Å². The van der Waals surface area contributed by atoms with Gasteiger partial charge in [-0.1, -0.05) is 37.1 Å². The zero-order valence-corrected chi connectivity index (χ0v) is 17.9. The van der Waals surface area contributed by atoms with Crippen molar-refractivity contribution in [1.82, 2.24) is 14.5 Å². The van der Waals surface area contributed by atoms with Gasteiger partial charge in [-0.2, -0.15) is 4.57 Å². The number of hydrogen-bond donors (Lipinski definition) is 1. The van der Waals surface area contributed by atoms with Gasteiger partial charge in [0.15, 0.2) is 10.0 Å². The average molecular weight is 443 g/mol. The van der Waals surface area contributed by atoms with E-state index in [1.165, 1.54) is 12.1 Å². The van der Waals surface area contributed by atoms with Crippen molar-refractivity contribution in [3.63, 3.8) is 0 Å². The minimum absolute atomic E-state index is 0.0920. The number of rotatable bonds is 6. The summed E-state index contributed by atoms with van der Waals surface area (Å²) in [7, 11) is -3.74. The largest absolute Gasteiger partial charge is 0.296 e. The summed E-state index contributed by atoms with van der Waals surface area (Å²) in [5, 5.41) is 0.476. The summed E-state index contributed by atoms with van der Waals surface area (Å²) < 4.78 is 31.6. The number of benzene rings is 2. The van der Waals surface area contributed by atoms with Crippen LogP contribution in [0.3, 0.4) is 0 Å². The van der Waals surface area contributed by atoms with Gasteiger partial charge in [0.2, 0.25) is 12.1 Å². The molecule has 1 N–H and O–H groups in total. The summed E-state index contributed by atoms with van der Waals surface area (Å²) in [6.07, 6.45) is 7.80. The number of aromatic nitrogens is 4. The average Bonchev–Trinajstić information content (AvgIpc) is 3.20. The fourth-order valence-electron chi connectivity index (χ4n) is 2.99. The molecule has 0 radical (unpaired) electrons. The van der Waals surface area contributed by atoms with E-state index < -0.39 is 10.0 Å². The molecule has 154 valence electrons. The number of aryl methyl sites for hydroxylation is 1. The van der Waals surface area contributed by atoms with E-state index in [4.69, 9.17) is 11.6 Å². The van der Waals surface area contributed by atoms with Crippen molar-refractivity contribution >= 4 is 38.5 Å². The van der Waals surface area contributed by atoms with E-state index in [9.17, 15) is 8.76 Å². The molecule has 2 heterocycles. The molecule has 2 aromatic carbocycles. The fraction of sp³-hybridized carbons (Fsp3) is 0.190. The number of unbranched alkanes of at least 4 members (excludes halogenated alkanes) is 1. The van der Waals surface area contributed by atoms with Crippen LogP contribution in [0.1, 0.15) is 19.8 Å². The Morgan fingerprint density at radius 3 is 2.53 bits per heavy atom. The van der Waals surface area contributed by atoms with Crippen LogP contribution in [0.5, 0.6) is 0 Å². The van der Waals surface area contributed by atoms with Crippen molar-refractivity contribution in [3.05, 3.63) is 72.3 Å². The van der Waals surface area contributed by atoms with E-state index in [0.29, 0.717) is 21.9 Å². The normalized spacial score (nSPS) is 13.3. The molecule has 1 atom stereocenters. The first-order chi connectivity index (χ1) is 14.5. The van der Waals surface area contributed by atoms with Gasteiger partial charge in [0.25, 0.3) is 5.82 Å². The van der Waals surface area contributed by atoms with Crippen molar-refractivity contribution in [1.29, 1.82) is 0 Å². The van der Waals surface area contributed by atoms with Gasteiger partial charge in [0.1, 0.15) is 12.4 Å². The molecule has 0 saturated carbocycles. The van der Waals surface area contributed by atoms with Crippen molar-refractivity contribution in [2.45, 2.75) is 31.2 Å². The van der Waals surface area contributed by atoms with Crippen LogP contribution in [0.25, 0.3) is 16.9 Å². The smallest absolute Gasteiger partial charge is 0.272 e. The molecule has 0 saturated heterocycles. The van der Waals surface area contributed by atoms with E-state index in [2.05, 4.69) is 21.3 Å². The Balaban J connectivity index is 1.87. The lowest BCUT2D eigenvalue weighted by atomic mass is 10.3. The molecule has 0 aliphatic carbocycles. The van der Waals surface area contributed by atoms with E-state index in [1.807, 2.05) is 41.5 Å². The van der Waals surface area contributed by atoms with E-state index in [-0.39, 0.29) is 10.7 Å². The Kier molecular flexibility index (Phi) is 5.80. The van der Waals surface area contributed by atoms with Crippen molar-refractivity contribution in [2.75, 3.05) is 0 Å². The first kappa shape index (κ1) is 20.5. The first-order valence-electron chi connectivity index (χ1n) is 9.55. The first-order valence-corrected chi connectivity index (χ1v) is 11.4. The Morgan fingerprint density at radius 2 is 1.83 bits per heavy atom. The lowest BCUT2D eigenvalue weighted by molar-refractivity contribution is -0.696. The van der Waals surface area contributed by atoms with Gasteiger partial charge in [-0.05, 0) is 42.8 Å². The van der Waals surface area contributed by atoms with Crippen molar-refractivity contribution < 1.29 is 13.3 Å². The van der Waals surface area contributed by atoms with E-state index >= 15 is 0 Å². The predicted molar refractivity (Wildman–Crippen MR) is 117 cm³/mol. The Morgan fingerprint density at radius 1 is 1.13 bits per heavy atom. The van der Waals surface area contributed by atoms with Crippen LogP contribution >= 0.6 is 11.6 Å². The molecule has 1 unspecified atom stereocenters. The molecule has 0 aliphatic rings. The molecule has 4 rings (SSSR count). The highest BCUT2D eigenvalue weighted by Crippen LogP contribution is 2.26. The third kappa shape index (κ3) is 4.35. The molecule has 4 aromatic rings. The molecule has 30 heavy (non-hydrogen) atoms. The number of nitrogens with zero attached hydrogens (tertiary/aromatic N) is 5. The number of para-hydroxylation sites is 2. The van der Waals surface area contributed by atoms with Gasteiger partial charge in [-0.3, -0.25) is 4.55 Å². The second-order valence-corrected chi connectivity index (χ2v) is 8.90. The Labute approximate surface area is 180 Å². The van der Waals surface area contributed by atoms with E-state index in [1.54, 1.807) is 22.8 Å². The molecule has 0 amide bonds. The molecule has 0 fully saturated rings. The maximum Gasteiger partial charge on any atom is 0.272 e. The Bertz CT molecular complexity index is 1310. The molecule has 0 bridgehead atoms. The van der Waals surface area contributed by atoms with Crippen LogP contribution in [0, 0.1) is 0 Å². The molecule has 0 spiro atoms. The van der Waals surface area contributed by atoms with Crippen LogP contribution in [0.2, 0.25) is 5.02 Å². The molecule has 9 heteroatoms. The summed E-state index contributed by atoms with van der Waals surface area (Å²) in [5.74, 6) is 0.481. The van der Waals surface area contributed by atoms with Gasteiger partial charge >= 0.3 is 0 Å². The van der Waals surface area contributed by atoms with Gasteiger partial charge in [-0.25, -0.2) is 18.7 Å². The standard InChI is InChI=1S/C21H20ClN5O2S/c1-2-3-12-26-13-14-27(15-26)21-20(23-18-6-4-5-7-19(18)24-21)25-30(28,29)17-10-8-16(22)9-11-17/h4-11,13-15H,2-3,12H2,1H3/p+1. The molecular formula is C21H21ClN5O2S+. The number of hydrogen-bond acceptors (Lipinski definition) is 4.